The molecule has 0 bridgehead atoms. The first-order valence-electron chi connectivity index (χ1n) is 20.2. The van der Waals surface area contributed by atoms with E-state index in [0.29, 0.717) is 18.9 Å². The van der Waals surface area contributed by atoms with E-state index in [1.165, 1.54) is 14.0 Å². The molecular formula is C43H45N9O5. The number of nitrogens with zero attached hydrogens (tertiary/aromatic N) is 5. The molecule has 4 N–H and O–H groups in total. The molecule has 14 nitrogen and oxygen atoms in total. The highest BCUT2D eigenvalue weighted by Gasteiger charge is 2.44. The lowest BCUT2D eigenvalue weighted by atomic mass is 10.0. The van der Waals surface area contributed by atoms with E-state index >= 15 is 0 Å². The summed E-state index contributed by atoms with van der Waals surface area (Å²) in [4.78, 5) is 77.3. The minimum absolute atomic E-state index is 0.0102. The van der Waals surface area contributed by atoms with Crippen molar-refractivity contribution in [3.05, 3.63) is 66.2 Å². The van der Waals surface area contributed by atoms with E-state index in [1.807, 2.05) is 21.9 Å². The van der Waals surface area contributed by atoms with Gasteiger partial charge in [0.15, 0.2) is 5.82 Å². The second-order valence-corrected chi connectivity index (χ2v) is 16.2. The minimum Gasteiger partial charge on any atom is -0.453 e. The van der Waals surface area contributed by atoms with Gasteiger partial charge in [0.05, 0.1) is 35.7 Å². The van der Waals surface area contributed by atoms with Crippen LogP contribution in [0.5, 0.6) is 0 Å². The molecule has 14 heteroatoms. The van der Waals surface area contributed by atoms with Gasteiger partial charge in [-0.25, -0.2) is 19.7 Å². The molecule has 292 valence electrons. The number of rotatable bonds is 9. The van der Waals surface area contributed by atoms with E-state index < -0.39 is 18.2 Å². The Balaban J connectivity index is 0.908. The quantitative estimate of drug-likeness (QED) is 0.135. The monoisotopic (exact) mass is 767 g/mol. The summed E-state index contributed by atoms with van der Waals surface area (Å²) in [5.41, 5.74) is 6.25. The number of alkyl carbamates (subject to hydrolysis) is 1. The van der Waals surface area contributed by atoms with Crippen molar-refractivity contribution in [3.63, 3.8) is 0 Å². The Hall–Kier alpha value is -6.05. The summed E-state index contributed by atoms with van der Waals surface area (Å²) in [6.07, 6.45) is 6.46. The molecule has 2 aliphatic carbocycles. The Kier molecular flexibility index (Phi) is 8.60. The average molecular weight is 768 g/mol. The van der Waals surface area contributed by atoms with Gasteiger partial charge in [-0.2, -0.15) is 0 Å². The van der Waals surface area contributed by atoms with Gasteiger partial charge in [-0.05, 0) is 111 Å². The SMILES string of the molecule is COC(=O)N[C@H](C(=O)N1CCC[C@H]1c1nc2ccc3[nH]c(-c4ccc5c(ccc6[nH]c([C@@H]7CCCN7C(=O)[C@@H](NC(C)=O)C7CC7)nc65)c4)ccc3c2n1)C1CC1. The summed E-state index contributed by atoms with van der Waals surface area (Å²) < 4.78 is 4.81. The van der Waals surface area contributed by atoms with Crippen LogP contribution in [-0.2, 0) is 19.1 Å². The smallest absolute Gasteiger partial charge is 0.407 e. The number of hydrogen-bond acceptors (Lipinski definition) is 8. The zero-order valence-corrected chi connectivity index (χ0v) is 32.0. The number of hydrogen-bond donors (Lipinski definition) is 4. The molecule has 10 rings (SSSR count). The first-order valence-corrected chi connectivity index (χ1v) is 20.2. The lowest BCUT2D eigenvalue weighted by Crippen LogP contribution is -2.49. The Morgan fingerprint density at radius 3 is 2.12 bits per heavy atom. The fourth-order valence-corrected chi connectivity index (χ4v) is 9.16. The largest absolute Gasteiger partial charge is 0.453 e. The summed E-state index contributed by atoms with van der Waals surface area (Å²) in [5, 5.41) is 8.70. The van der Waals surface area contributed by atoms with Gasteiger partial charge in [-0.1, -0.05) is 18.2 Å². The summed E-state index contributed by atoms with van der Waals surface area (Å²) in [5.74, 6) is 1.47. The number of aromatic amines is 2. The molecule has 3 aromatic heterocycles. The number of carbonyl (C=O) groups is 4. The predicted octanol–water partition coefficient (Wildman–Crippen LogP) is 6.18. The maximum Gasteiger partial charge on any atom is 0.407 e. The molecule has 5 heterocycles. The molecule has 2 aliphatic heterocycles. The van der Waals surface area contributed by atoms with Crippen LogP contribution in [0.1, 0.15) is 82.0 Å². The van der Waals surface area contributed by atoms with Crippen molar-refractivity contribution in [2.24, 2.45) is 11.8 Å². The molecule has 4 atom stereocenters. The van der Waals surface area contributed by atoms with Crippen LogP contribution in [0.15, 0.2) is 54.6 Å². The molecule has 0 spiro atoms. The standard InChI is InChI=1S/C43H45N9O5/c1-22(53)44-35(23-7-8-23)41(54)51-19-3-5-33(51)39-46-31-15-12-25-21-26(11-13-27(25)37(31)48-39)29-16-14-28-30(45-29)17-18-32-38(28)49-40(47-32)34-6-4-20-52(34)42(55)36(24-9-10-24)50-43(56)57-2/h11-18,21,23-24,33-36,45H,3-10,19-20H2,1-2H3,(H,44,53)(H,46,48)(H,50,56)/t33-,34-,35-,36-/m0/s1. The number of ether oxygens (including phenoxy) is 1. The van der Waals surface area contributed by atoms with E-state index in [9.17, 15) is 19.2 Å². The zero-order valence-electron chi connectivity index (χ0n) is 32.0. The third-order valence-corrected chi connectivity index (χ3v) is 12.4. The molecular weight excluding hydrogens is 723 g/mol. The maximum atomic E-state index is 13.7. The van der Waals surface area contributed by atoms with Crippen molar-refractivity contribution in [1.29, 1.82) is 0 Å². The van der Waals surface area contributed by atoms with E-state index in [-0.39, 0.29) is 41.6 Å². The topological polar surface area (TPSA) is 178 Å². The second kappa shape index (κ2) is 13.9. The van der Waals surface area contributed by atoms with Crippen LogP contribution < -0.4 is 10.6 Å². The van der Waals surface area contributed by atoms with Gasteiger partial charge >= 0.3 is 6.09 Å². The summed E-state index contributed by atoms with van der Waals surface area (Å²) >= 11 is 0. The number of aromatic nitrogens is 5. The molecule has 4 fully saturated rings. The van der Waals surface area contributed by atoms with E-state index in [1.54, 1.807) is 0 Å². The van der Waals surface area contributed by atoms with Crippen molar-refractivity contribution >= 4 is 67.6 Å². The first-order chi connectivity index (χ1) is 27.7. The first kappa shape index (κ1) is 35.4. The van der Waals surface area contributed by atoms with Crippen LogP contribution in [-0.4, -0.2) is 90.8 Å². The highest BCUT2D eigenvalue weighted by Crippen LogP contribution is 2.40. The van der Waals surface area contributed by atoms with Gasteiger partial charge in [0.1, 0.15) is 23.4 Å². The van der Waals surface area contributed by atoms with Crippen LogP contribution in [0, 0.1) is 11.8 Å². The van der Waals surface area contributed by atoms with Gasteiger partial charge in [0, 0.05) is 42.0 Å². The number of fused-ring (bicyclic) bond motifs is 6. The Morgan fingerprint density at radius 1 is 0.719 bits per heavy atom. The normalized spacial score (nSPS) is 20.7. The number of likely N-dealkylation sites (tertiary alicyclic amines) is 2. The van der Waals surface area contributed by atoms with E-state index in [0.717, 1.165) is 112 Å². The maximum absolute atomic E-state index is 13.7. The van der Waals surface area contributed by atoms with Crippen molar-refractivity contribution in [2.45, 2.75) is 82.5 Å². The molecule has 0 radical (unpaired) electrons. The van der Waals surface area contributed by atoms with Crippen LogP contribution >= 0.6 is 0 Å². The van der Waals surface area contributed by atoms with Crippen LogP contribution in [0.25, 0.3) is 55.0 Å². The van der Waals surface area contributed by atoms with Crippen LogP contribution in [0.4, 0.5) is 4.79 Å². The number of methoxy groups -OCH3 is 1. The van der Waals surface area contributed by atoms with Gasteiger partial charge in [-0.3, -0.25) is 14.4 Å². The predicted molar refractivity (Wildman–Crippen MR) is 214 cm³/mol. The molecule has 4 amide bonds. The fraction of sp³-hybridized carbons (Fsp3) is 0.419. The lowest BCUT2D eigenvalue weighted by molar-refractivity contribution is -0.137. The number of benzene rings is 3. The van der Waals surface area contributed by atoms with Gasteiger partial charge in [-0.15, -0.1) is 0 Å². The van der Waals surface area contributed by atoms with Crippen LogP contribution in [0.2, 0.25) is 0 Å². The number of H-pyrrole nitrogens is 2. The molecule has 57 heavy (non-hydrogen) atoms. The Morgan fingerprint density at radius 2 is 1.40 bits per heavy atom. The number of amides is 4. The zero-order chi connectivity index (χ0) is 38.9. The van der Waals surface area contributed by atoms with Crippen LogP contribution in [0.3, 0.4) is 0 Å². The number of carbonyl (C=O) groups excluding carboxylic acids is 4. The van der Waals surface area contributed by atoms with Gasteiger partial charge < -0.3 is 35.1 Å². The summed E-state index contributed by atoms with van der Waals surface area (Å²) in [6.45, 7) is 2.72. The Bertz CT molecular complexity index is 2610. The van der Waals surface area contributed by atoms with Crippen molar-refractivity contribution in [3.8, 4) is 11.3 Å². The summed E-state index contributed by atoms with van der Waals surface area (Å²) in [7, 11) is 1.31. The minimum atomic E-state index is -0.600. The fourth-order valence-electron chi connectivity index (χ4n) is 9.16. The number of imidazole rings is 2. The van der Waals surface area contributed by atoms with Gasteiger partial charge in [0.25, 0.3) is 0 Å². The van der Waals surface area contributed by atoms with E-state index in [4.69, 9.17) is 19.7 Å². The Labute approximate surface area is 328 Å². The number of pyridine rings is 1. The van der Waals surface area contributed by atoms with Crippen molar-refractivity contribution in [2.75, 3.05) is 20.2 Å². The van der Waals surface area contributed by atoms with Crippen molar-refractivity contribution in [1.82, 2.24) is 45.4 Å². The molecule has 2 saturated heterocycles. The average Bonchev–Trinajstić information content (AvgIpc) is 3.99. The summed E-state index contributed by atoms with van der Waals surface area (Å²) in [6, 6.07) is 17.2. The third kappa shape index (κ3) is 6.40. The van der Waals surface area contributed by atoms with Crippen molar-refractivity contribution < 1.29 is 23.9 Å². The molecule has 0 unspecified atom stereocenters. The highest BCUT2D eigenvalue weighted by molar-refractivity contribution is 6.06. The molecule has 2 saturated carbocycles. The third-order valence-electron chi connectivity index (χ3n) is 12.4. The molecule has 3 aromatic carbocycles. The number of nitrogens with one attached hydrogen (secondary N) is 4. The lowest BCUT2D eigenvalue weighted by Gasteiger charge is -2.28. The van der Waals surface area contributed by atoms with E-state index in [2.05, 4.69) is 63.1 Å². The molecule has 6 aromatic rings. The second-order valence-electron chi connectivity index (χ2n) is 16.2. The highest BCUT2D eigenvalue weighted by atomic mass is 16.5. The molecule has 4 aliphatic rings. The van der Waals surface area contributed by atoms with Gasteiger partial charge in [0.2, 0.25) is 17.7 Å².